The van der Waals surface area contributed by atoms with Gasteiger partial charge in [0, 0.05) is 45.2 Å². The van der Waals surface area contributed by atoms with E-state index in [0.717, 1.165) is 32.3 Å². The fourth-order valence-electron chi connectivity index (χ4n) is 4.61. The molecule has 0 amide bonds. The zero-order valence-corrected chi connectivity index (χ0v) is 21.3. The van der Waals surface area contributed by atoms with Gasteiger partial charge < -0.3 is 14.7 Å². The van der Waals surface area contributed by atoms with Gasteiger partial charge in [-0.1, -0.05) is 18.5 Å². The van der Waals surface area contributed by atoms with E-state index in [1.54, 1.807) is 11.1 Å². The van der Waals surface area contributed by atoms with Crippen LogP contribution >= 0.6 is 11.6 Å². The number of aromatic nitrogens is 3. The molecule has 0 aromatic carbocycles. The first-order chi connectivity index (χ1) is 17.4. The van der Waals surface area contributed by atoms with Crippen molar-refractivity contribution < 1.29 is 14.2 Å². The summed E-state index contributed by atoms with van der Waals surface area (Å²) in [6.45, 7) is 5.97. The molecule has 0 spiro atoms. The van der Waals surface area contributed by atoms with Gasteiger partial charge in [-0.25, -0.2) is 14.1 Å². The fourth-order valence-corrected chi connectivity index (χ4v) is 4.83. The minimum absolute atomic E-state index is 0.0613. The lowest BCUT2D eigenvalue weighted by molar-refractivity contribution is -0.00499. The molecule has 2 atom stereocenters. The Morgan fingerprint density at radius 1 is 1.33 bits per heavy atom. The van der Waals surface area contributed by atoms with Crippen LogP contribution in [0.4, 0.5) is 4.39 Å². The molecule has 1 saturated heterocycles. The average Bonchev–Trinajstić information content (AvgIpc) is 3.25. The van der Waals surface area contributed by atoms with Crippen LogP contribution in [0.15, 0.2) is 30.6 Å². The van der Waals surface area contributed by atoms with E-state index in [4.69, 9.17) is 16.3 Å². The highest BCUT2D eigenvalue weighted by molar-refractivity contribution is 6.32. The van der Waals surface area contributed by atoms with E-state index in [-0.39, 0.29) is 18.8 Å². The average molecular weight is 519 g/mol. The SMILES string of the molecule is CCCN(CCN(C1CN(C#N)C1)C1CC=C(OCC(O)c2ccc(F)cn2)c2c(Cl)cnn21)NC. The molecule has 0 bridgehead atoms. The van der Waals surface area contributed by atoms with E-state index in [9.17, 15) is 14.8 Å². The number of hydrogen-bond acceptors (Lipinski definition) is 9. The molecule has 36 heavy (non-hydrogen) atoms. The van der Waals surface area contributed by atoms with Crippen LogP contribution in [0.1, 0.15) is 43.4 Å². The molecular weight excluding hydrogens is 487 g/mol. The third-order valence-electron chi connectivity index (χ3n) is 6.56. The van der Waals surface area contributed by atoms with Crippen LogP contribution in [-0.2, 0) is 4.74 Å². The van der Waals surface area contributed by atoms with E-state index in [1.165, 1.54) is 12.1 Å². The summed E-state index contributed by atoms with van der Waals surface area (Å²) in [5.41, 5.74) is 4.22. The molecule has 2 aromatic rings. The summed E-state index contributed by atoms with van der Waals surface area (Å²) in [5, 5.41) is 26.9. The van der Waals surface area contributed by atoms with Gasteiger partial charge in [0.05, 0.1) is 23.1 Å². The lowest BCUT2D eigenvalue weighted by Gasteiger charge is -2.47. The van der Waals surface area contributed by atoms with Gasteiger partial charge in [0.15, 0.2) is 6.19 Å². The predicted octanol–water partition coefficient (Wildman–Crippen LogP) is 2.38. The number of nitrogens with one attached hydrogen (secondary N) is 1. The Morgan fingerprint density at radius 3 is 2.81 bits per heavy atom. The van der Waals surface area contributed by atoms with Crippen LogP contribution in [0.25, 0.3) is 5.76 Å². The van der Waals surface area contributed by atoms with Gasteiger partial charge in [-0.05, 0) is 31.7 Å². The topological polar surface area (TPSA) is 106 Å². The van der Waals surface area contributed by atoms with Crippen LogP contribution in [0.5, 0.6) is 0 Å². The van der Waals surface area contributed by atoms with Gasteiger partial charge in [0.25, 0.3) is 0 Å². The molecule has 10 nitrogen and oxygen atoms in total. The highest BCUT2D eigenvalue weighted by Crippen LogP contribution is 2.37. The Bertz CT molecular complexity index is 1080. The molecule has 0 aliphatic carbocycles. The highest BCUT2D eigenvalue weighted by Gasteiger charge is 2.39. The third-order valence-corrected chi connectivity index (χ3v) is 6.84. The monoisotopic (exact) mass is 518 g/mol. The molecule has 1 fully saturated rings. The maximum Gasteiger partial charge on any atom is 0.179 e. The van der Waals surface area contributed by atoms with E-state index in [2.05, 4.69) is 38.5 Å². The molecule has 2 unspecified atom stereocenters. The van der Waals surface area contributed by atoms with Crippen molar-refractivity contribution in [3.05, 3.63) is 52.8 Å². The van der Waals surface area contributed by atoms with Crippen LogP contribution in [0.2, 0.25) is 5.02 Å². The molecular formula is C24H32ClFN8O2. The van der Waals surface area contributed by atoms with Crippen molar-refractivity contribution in [1.29, 1.82) is 5.26 Å². The summed E-state index contributed by atoms with van der Waals surface area (Å²) in [6.07, 6.45) is 7.40. The standard InChI is InChI=1S/C24H32ClFN8O2/c1-3-8-32(28-2)9-10-33(18-13-31(14-18)16-27)23-7-6-22(24-19(25)12-30-34(23)24)36-15-21(35)20-5-4-17(26)11-29-20/h4-6,11-12,18,21,23,28,35H,3,7-10,13-15H2,1-2H3. The van der Waals surface area contributed by atoms with Crippen molar-refractivity contribution in [2.45, 2.75) is 38.1 Å². The van der Waals surface area contributed by atoms with E-state index >= 15 is 0 Å². The molecule has 2 aliphatic rings. The summed E-state index contributed by atoms with van der Waals surface area (Å²) >= 11 is 6.53. The zero-order chi connectivity index (χ0) is 25.7. The number of nitrogens with zero attached hydrogens (tertiary/aromatic N) is 7. The summed E-state index contributed by atoms with van der Waals surface area (Å²) < 4.78 is 21.0. The Balaban J connectivity index is 1.49. The van der Waals surface area contributed by atoms with Gasteiger partial charge in [0.1, 0.15) is 36.1 Å². The first kappa shape index (κ1) is 26.3. The van der Waals surface area contributed by atoms with Crippen LogP contribution < -0.4 is 5.43 Å². The predicted molar refractivity (Wildman–Crippen MR) is 133 cm³/mol. The van der Waals surface area contributed by atoms with Crippen molar-refractivity contribution in [1.82, 2.24) is 35.0 Å². The lowest BCUT2D eigenvalue weighted by atomic mass is 10.0. The van der Waals surface area contributed by atoms with Crippen molar-refractivity contribution in [2.75, 3.05) is 46.4 Å². The number of likely N-dealkylation sites (tertiary alicyclic amines) is 1. The molecule has 0 radical (unpaired) electrons. The quantitative estimate of drug-likeness (QED) is 0.323. The molecule has 12 heteroatoms. The smallest absolute Gasteiger partial charge is 0.179 e. The summed E-state index contributed by atoms with van der Waals surface area (Å²) in [7, 11) is 1.93. The van der Waals surface area contributed by atoms with E-state index in [1.807, 2.05) is 17.8 Å². The summed E-state index contributed by atoms with van der Waals surface area (Å²) in [6, 6.07) is 2.90. The van der Waals surface area contributed by atoms with Gasteiger partial charge >= 0.3 is 0 Å². The summed E-state index contributed by atoms with van der Waals surface area (Å²) in [5.74, 6) is 0.0648. The van der Waals surface area contributed by atoms with Crippen LogP contribution in [0.3, 0.4) is 0 Å². The number of pyridine rings is 1. The number of hydrogen-bond donors (Lipinski definition) is 2. The number of rotatable bonds is 12. The molecule has 194 valence electrons. The number of halogens is 2. The molecule has 2 aliphatic heterocycles. The van der Waals surface area contributed by atoms with Gasteiger partial charge in [-0.3, -0.25) is 15.3 Å². The van der Waals surface area contributed by atoms with E-state index in [0.29, 0.717) is 41.7 Å². The number of aliphatic hydroxyl groups excluding tert-OH is 1. The first-order valence-corrected chi connectivity index (χ1v) is 12.5. The minimum atomic E-state index is -1.02. The third kappa shape index (κ3) is 5.79. The lowest BCUT2D eigenvalue weighted by Crippen LogP contribution is -2.60. The largest absolute Gasteiger partial charge is 0.488 e. The zero-order valence-electron chi connectivity index (χ0n) is 20.5. The molecule has 2 N–H and O–H groups in total. The normalized spacial score (nSPS) is 18.6. The number of fused-ring (bicyclic) bond motifs is 1. The highest BCUT2D eigenvalue weighted by atomic mass is 35.5. The van der Waals surface area contributed by atoms with Crippen molar-refractivity contribution in [3.63, 3.8) is 0 Å². The van der Waals surface area contributed by atoms with Gasteiger partial charge in [-0.15, -0.1) is 0 Å². The molecule has 0 saturated carbocycles. The number of nitriles is 1. The van der Waals surface area contributed by atoms with Crippen molar-refractivity contribution >= 4 is 17.4 Å². The van der Waals surface area contributed by atoms with Crippen LogP contribution in [-0.4, -0.2) is 87.1 Å². The molecule has 4 heterocycles. The number of aliphatic hydroxyl groups is 1. The van der Waals surface area contributed by atoms with Crippen molar-refractivity contribution in [2.24, 2.45) is 0 Å². The number of hydrazine groups is 1. The summed E-state index contributed by atoms with van der Waals surface area (Å²) in [4.78, 5) is 8.05. The Morgan fingerprint density at radius 2 is 2.14 bits per heavy atom. The van der Waals surface area contributed by atoms with Gasteiger partial charge in [-0.2, -0.15) is 10.4 Å². The molecule has 2 aromatic heterocycles. The Hall–Kier alpha value is -2.75. The van der Waals surface area contributed by atoms with Crippen LogP contribution in [0, 0.1) is 17.3 Å². The van der Waals surface area contributed by atoms with Crippen molar-refractivity contribution in [3.8, 4) is 6.19 Å². The second-order valence-corrected chi connectivity index (χ2v) is 9.31. The fraction of sp³-hybridized carbons (Fsp3) is 0.542. The number of ether oxygens (including phenoxy) is 1. The van der Waals surface area contributed by atoms with E-state index < -0.39 is 11.9 Å². The first-order valence-electron chi connectivity index (χ1n) is 12.1. The molecule has 4 rings (SSSR count). The Labute approximate surface area is 215 Å². The Kier molecular flexibility index (Phi) is 8.77. The second kappa shape index (κ2) is 12.0. The second-order valence-electron chi connectivity index (χ2n) is 8.91. The maximum absolute atomic E-state index is 13.2. The maximum atomic E-state index is 13.2. The van der Waals surface area contributed by atoms with Gasteiger partial charge in [0.2, 0.25) is 0 Å². The minimum Gasteiger partial charge on any atom is -0.488 e.